The summed E-state index contributed by atoms with van der Waals surface area (Å²) in [5, 5.41) is 11.6. The van der Waals surface area contributed by atoms with Crippen molar-refractivity contribution in [1.82, 2.24) is 20.4 Å². The van der Waals surface area contributed by atoms with Gasteiger partial charge in [-0.2, -0.15) is 0 Å². The van der Waals surface area contributed by atoms with E-state index < -0.39 is 0 Å². The van der Waals surface area contributed by atoms with Crippen molar-refractivity contribution in [3.8, 4) is 0 Å². The molecular formula is C14H27N5O2. The number of nitrogens with zero attached hydrogens (tertiary/aromatic N) is 4. The lowest BCUT2D eigenvalue weighted by Gasteiger charge is -2.28. The maximum Gasteiger partial charge on any atom is 0.318 e. The molecule has 7 heteroatoms. The molecule has 0 aliphatic carbocycles. The Balaban J connectivity index is 1.94. The van der Waals surface area contributed by atoms with Gasteiger partial charge in [-0.1, -0.05) is 12.0 Å². The van der Waals surface area contributed by atoms with E-state index in [0.29, 0.717) is 31.1 Å². The highest BCUT2D eigenvalue weighted by Gasteiger charge is 2.26. The van der Waals surface area contributed by atoms with Crippen LogP contribution in [-0.2, 0) is 11.3 Å². The Hall–Kier alpha value is -1.18. The van der Waals surface area contributed by atoms with Gasteiger partial charge in [0.1, 0.15) is 0 Å². The monoisotopic (exact) mass is 297 g/mol. The molecule has 0 saturated carbocycles. The van der Waals surface area contributed by atoms with Gasteiger partial charge in [0.2, 0.25) is 5.89 Å². The number of anilines is 1. The summed E-state index contributed by atoms with van der Waals surface area (Å²) < 4.78 is 10.8. The Morgan fingerprint density at radius 1 is 1.38 bits per heavy atom. The Morgan fingerprint density at radius 3 is 3.00 bits per heavy atom. The molecule has 7 nitrogen and oxygen atoms in total. The minimum absolute atomic E-state index is 0.437. The molecule has 0 bridgehead atoms. The molecule has 2 heterocycles. The molecule has 21 heavy (non-hydrogen) atoms. The van der Waals surface area contributed by atoms with Crippen LogP contribution in [0, 0.1) is 0 Å². The fourth-order valence-corrected chi connectivity index (χ4v) is 2.65. The number of aromatic nitrogens is 2. The Labute approximate surface area is 126 Å². The highest BCUT2D eigenvalue weighted by molar-refractivity contribution is 5.27. The van der Waals surface area contributed by atoms with Crippen LogP contribution in [-0.4, -0.2) is 68.1 Å². The second kappa shape index (κ2) is 8.31. The van der Waals surface area contributed by atoms with Crippen LogP contribution in [0.1, 0.15) is 25.7 Å². The lowest BCUT2D eigenvalue weighted by atomic mass is 10.2. The van der Waals surface area contributed by atoms with Gasteiger partial charge in [-0.3, -0.25) is 0 Å². The van der Waals surface area contributed by atoms with E-state index in [-0.39, 0.29) is 0 Å². The SMILES string of the molecule is CCC1CN(C)CCCN1c1nnc(CNCCOC)o1. The minimum atomic E-state index is 0.437. The Kier molecular flexibility index (Phi) is 6.41. The Morgan fingerprint density at radius 2 is 2.24 bits per heavy atom. The van der Waals surface area contributed by atoms with Crippen molar-refractivity contribution in [3.63, 3.8) is 0 Å². The zero-order chi connectivity index (χ0) is 15.1. The fraction of sp³-hybridized carbons (Fsp3) is 0.857. The lowest BCUT2D eigenvalue weighted by Crippen LogP contribution is -2.40. The normalized spacial score (nSPS) is 20.7. The smallest absolute Gasteiger partial charge is 0.318 e. The van der Waals surface area contributed by atoms with Gasteiger partial charge in [0.25, 0.3) is 0 Å². The molecule has 1 fully saturated rings. The molecule has 0 spiro atoms. The molecule has 1 aromatic heterocycles. The van der Waals surface area contributed by atoms with Gasteiger partial charge in [0.15, 0.2) is 0 Å². The highest BCUT2D eigenvalue weighted by atomic mass is 16.5. The second-order valence-corrected chi connectivity index (χ2v) is 5.52. The molecule has 1 atom stereocenters. The molecule has 0 radical (unpaired) electrons. The number of nitrogens with one attached hydrogen (secondary N) is 1. The summed E-state index contributed by atoms with van der Waals surface area (Å²) in [6, 6.07) is 1.09. The van der Waals surface area contributed by atoms with Crippen LogP contribution >= 0.6 is 0 Å². The zero-order valence-corrected chi connectivity index (χ0v) is 13.3. The van der Waals surface area contributed by atoms with Crippen LogP contribution < -0.4 is 10.2 Å². The van der Waals surface area contributed by atoms with Gasteiger partial charge in [-0.05, 0) is 26.4 Å². The summed E-state index contributed by atoms with van der Waals surface area (Å²) in [4.78, 5) is 4.63. The molecule has 1 aliphatic heterocycles. The standard InChI is InChI=1S/C14H27N5O2/c1-4-12-11-18(2)7-5-8-19(12)14-17-16-13(21-14)10-15-6-9-20-3/h12,15H,4-11H2,1-3H3. The van der Waals surface area contributed by atoms with Gasteiger partial charge in [0, 0.05) is 32.8 Å². The number of methoxy groups -OCH3 is 1. The molecule has 2 rings (SSSR count). The van der Waals surface area contributed by atoms with Crippen molar-refractivity contribution in [2.75, 3.05) is 51.8 Å². The van der Waals surface area contributed by atoms with E-state index in [1.165, 1.54) is 0 Å². The van der Waals surface area contributed by atoms with Crippen molar-refractivity contribution < 1.29 is 9.15 Å². The first-order valence-corrected chi connectivity index (χ1v) is 7.71. The van der Waals surface area contributed by atoms with E-state index in [2.05, 4.69) is 39.3 Å². The number of rotatable bonds is 7. The third-order valence-corrected chi connectivity index (χ3v) is 3.83. The first-order valence-electron chi connectivity index (χ1n) is 7.71. The van der Waals surface area contributed by atoms with Crippen molar-refractivity contribution in [1.29, 1.82) is 0 Å². The van der Waals surface area contributed by atoms with Crippen LogP contribution in [0.5, 0.6) is 0 Å². The van der Waals surface area contributed by atoms with Crippen molar-refractivity contribution in [2.45, 2.75) is 32.4 Å². The quantitative estimate of drug-likeness (QED) is 0.744. The molecule has 0 amide bonds. The van der Waals surface area contributed by atoms with Gasteiger partial charge in [-0.15, -0.1) is 5.10 Å². The molecule has 1 aliphatic rings. The maximum atomic E-state index is 5.81. The predicted molar refractivity (Wildman–Crippen MR) is 81.4 cm³/mol. The third kappa shape index (κ3) is 4.66. The van der Waals surface area contributed by atoms with E-state index >= 15 is 0 Å². The van der Waals surface area contributed by atoms with Crippen LogP contribution in [0.2, 0.25) is 0 Å². The summed E-state index contributed by atoms with van der Waals surface area (Å²) in [7, 11) is 3.86. The molecule has 1 N–H and O–H groups in total. The van der Waals surface area contributed by atoms with Crippen LogP contribution in [0.3, 0.4) is 0 Å². The number of hydrogen-bond donors (Lipinski definition) is 1. The van der Waals surface area contributed by atoms with Crippen molar-refractivity contribution in [3.05, 3.63) is 5.89 Å². The van der Waals surface area contributed by atoms with E-state index in [1.54, 1.807) is 7.11 Å². The summed E-state index contributed by atoms with van der Waals surface area (Å²) in [6.07, 6.45) is 2.20. The van der Waals surface area contributed by atoms with E-state index in [1.807, 2.05) is 0 Å². The molecular weight excluding hydrogens is 270 g/mol. The van der Waals surface area contributed by atoms with Crippen LogP contribution in [0.4, 0.5) is 6.01 Å². The molecule has 0 aromatic carbocycles. The van der Waals surface area contributed by atoms with Crippen LogP contribution in [0.15, 0.2) is 4.42 Å². The van der Waals surface area contributed by atoms with Crippen LogP contribution in [0.25, 0.3) is 0 Å². The fourth-order valence-electron chi connectivity index (χ4n) is 2.65. The van der Waals surface area contributed by atoms with Gasteiger partial charge >= 0.3 is 6.01 Å². The summed E-state index contributed by atoms with van der Waals surface area (Å²) in [5.74, 6) is 0.633. The maximum absolute atomic E-state index is 5.81. The first-order chi connectivity index (χ1) is 10.2. The molecule has 120 valence electrons. The predicted octanol–water partition coefficient (Wildman–Crippen LogP) is 0.726. The van der Waals surface area contributed by atoms with E-state index in [9.17, 15) is 0 Å². The van der Waals surface area contributed by atoms with Gasteiger partial charge in [-0.25, -0.2) is 0 Å². The number of likely N-dealkylation sites (N-methyl/N-ethyl adjacent to an activating group) is 1. The third-order valence-electron chi connectivity index (χ3n) is 3.83. The average Bonchev–Trinajstić information content (AvgIpc) is 2.86. The van der Waals surface area contributed by atoms with E-state index in [4.69, 9.17) is 9.15 Å². The van der Waals surface area contributed by atoms with Gasteiger partial charge < -0.3 is 24.3 Å². The molecule has 1 aromatic rings. The molecule has 1 unspecified atom stereocenters. The Bertz CT molecular complexity index is 412. The average molecular weight is 297 g/mol. The van der Waals surface area contributed by atoms with Gasteiger partial charge in [0.05, 0.1) is 13.2 Å². The minimum Gasteiger partial charge on any atom is -0.407 e. The summed E-state index contributed by atoms with van der Waals surface area (Å²) in [5.41, 5.74) is 0. The van der Waals surface area contributed by atoms with Crippen molar-refractivity contribution in [2.24, 2.45) is 0 Å². The highest BCUT2D eigenvalue weighted by Crippen LogP contribution is 2.20. The summed E-state index contributed by atoms with van der Waals surface area (Å²) in [6.45, 7) is 7.38. The molecule has 1 saturated heterocycles. The summed E-state index contributed by atoms with van der Waals surface area (Å²) >= 11 is 0. The zero-order valence-electron chi connectivity index (χ0n) is 13.3. The number of hydrogen-bond acceptors (Lipinski definition) is 7. The van der Waals surface area contributed by atoms with E-state index in [0.717, 1.165) is 39.0 Å². The second-order valence-electron chi connectivity index (χ2n) is 5.52. The first kappa shape index (κ1) is 16.2. The number of ether oxygens (including phenoxy) is 1. The van der Waals surface area contributed by atoms with Crippen molar-refractivity contribution >= 4 is 6.01 Å². The largest absolute Gasteiger partial charge is 0.407 e. The lowest BCUT2D eigenvalue weighted by molar-refractivity contribution is 0.198. The topological polar surface area (TPSA) is 66.7 Å².